The lowest BCUT2D eigenvalue weighted by Gasteiger charge is -2.07. The topological polar surface area (TPSA) is 88.4 Å². The van der Waals surface area contributed by atoms with E-state index in [0.29, 0.717) is 29.2 Å². The lowest BCUT2D eigenvalue weighted by molar-refractivity contribution is 0.0734. The van der Waals surface area contributed by atoms with Gasteiger partial charge in [-0.3, -0.25) is 4.99 Å². The summed E-state index contributed by atoms with van der Waals surface area (Å²) >= 11 is 0. The molecule has 0 aliphatic carbocycles. The SMILES string of the molecule is CCOc1ccc(C(=O)Oc2ccc(C=Nc3ccccc3O)c(O)c2)cc1. The van der Waals surface area contributed by atoms with Gasteiger partial charge in [0.25, 0.3) is 0 Å². The molecule has 0 radical (unpaired) electrons. The van der Waals surface area contributed by atoms with Gasteiger partial charge in [-0.2, -0.15) is 0 Å². The number of rotatable bonds is 6. The third-order valence-corrected chi connectivity index (χ3v) is 3.84. The van der Waals surface area contributed by atoms with E-state index in [-0.39, 0.29) is 17.2 Å². The lowest BCUT2D eigenvalue weighted by Crippen LogP contribution is -2.08. The molecule has 3 aromatic carbocycles. The predicted octanol–water partition coefficient (Wildman–Crippen LogP) is 4.47. The Labute approximate surface area is 162 Å². The Kier molecular flexibility index (Phi) is 5.91. The number of nitrogens with zero attached hydrogens (tertiary/aromatic N) is 1. The van der Waals surface area contributed by atoms with E-state index >= 15 is 0 Å². The maximum Gasteiger partial charge on any atom is 0.343 e. The molecule has 0 atom stereocenters. The maximum atomic E-state index is 12.2. The molecule has 0 spiro atoms. The number of esters is 1. The fraction of sp³-hybridized carbons (Fsp3) is 0.0909. The quantitative estimate of drug-likeness (QED) is 0.376. The Bertz CT molecular complexity index is 996. The summed E-state index contributed by atoms with van der Waals surface area (Å²) in [5, 5.41) is 19.9. The zero-order chi connectivity index (χ0) is 19.9. The van der Waals surface area contributed by atoms with Gasteiger partial charge in [0.15, 0.2) is 0 Å². The molecule has 0 aliphatic rings. The fourth-order valence-corrected chi connectivity index (χ4v) is 2.43. The third-order valence-electron chi connectivity index (χ3n) is 3.84. The van der Waals surface area contributed by atoms with Crippen LogP contribution in [0.15, 0.2) is 71.7 Å². The molecular formula is C22H19NO5. The number of phenols is 2. The molecular weight excluding hydrogens is 358 g/mol. The Hall–Kier alpha value is -3.80. The number of hydrogen-bond acceptors (Lipinski definition) is 6. The molecule has 0 aliphatic heterocycles. The standard InChI is InChI=1S/C22H19NO5/c1-2-27-17-10-7-15(8-11-17)22(26)28-18-12-9-16(21(25)13-18)14-23-19-5-3-4-6-20(19)24/h3-14,24-25H,2H2,1H3. The van der Waals surface area contributed by atoms with Crippen molar-refractivity contribution in [3.63, 3.8) is 0 Å². The highest BCUT2D eigenvalue weighted by molar-refractivity contribution is 5.91. The van der Waals surface area contributed by atoms with Crippen molar-refractivity contribution in [2.75, 3.05) is 6.61 Å². The molecule has 28 heavy (non-hydrogen) atoms. The molecule has 0 heterocycles. The molecule has 3 aromatic rings. The molecule has 142 valence electrons. The van der Waals surface area contributed by atoms with Crippen molar-refractivity contribution in [3.05, 3.63) is 77.9 Å². The van der Waals surface area contributed by atoms with Crippen LogP contribution >= 0.6 is 0 Å². The summed E-state index contributed by atoms with van der Waals surface area (Å²) in [6, 6.07) is 17.7. The molecule has 0 unspecified atom stereocenters. The van der Waals surface area contributed by atoms with Gasteiger partial charge in [0.05, 0.1) is 12.2 Å². The Morgan fingerprint density at radius 2 is 1.68 bits per heavy atom. The lowest BCUT2D eigenvalue weighted by atomic mass is 10.2. The highest BCUT2D eigenvalue weighted by atomic mass is 16.5. The molecule has 2 N–H and O–H groups in total. The summed E-state index contributed by atoms with van der Waals surface area (Å²) in [5.41, 5.74) is 1.17. The predicted molar refractivity (Wildman–Crippen MR) is 106 cm³/mol. The number of benzene rings is 3. The van der Waals surface area contributed by atoms with Crippen molar-refractivity contribution < 1.29 is 24.5 Å². The molecule has 0 aromatic heterocycles. The van der Waals surface area contributed by atoms with E-state index in [1.54, 1.807) is 54.6 Å². The molecule has 0 bridgehead atoms. The number of ether oxygens (including phenoxy) is 2. The molecule has 0 saturated carbocycles. The first-order valence-corrected chi connectivity index (χ1v) is 8.67. The Balaban J connectivity index is 1.70. The van der Waals surface area contributed by atoms with Crippen molar-refractivity contribution in [2.45, 2.75) is 6.92 Å². The Morgan fingerprint density at radius 3 is 2.36 bits per heavy atom. The van der Waals surface area contributed by atoms with Crippen molar-refractivity contribution in [3.8, 4) is 23.0 Å². The number of aromatic hydroxyl groups is 2. The normalized spacial score (nSPS) is 10.8. The van der Waals surface area contributed by atoms with E-state index in [1.807, 2.05) is 6.92 Å². The average Bonchev–Trinajstić information content (AvgIpc) is 2.69. The van der Waals surface area contributed by atoms with E-state index in [1.165, 1.54) is 18.3 Å². The summed E-state index contributed by atoms with van der Waals surface area (Å²) in [4.78, 5) is 16.4. The number of carbonyl (C=O) groups is 1. The van der Waals surface area contributed by atoms with Crippen molar-refractivity contribution >= 4 is 17.9 Å². The van der Waals surface area contributed by atoms with Crippen LogP contribution in [0.3, 0.4) is 0 Å². The molecule has 0 saturated heterocycles. The van der Waals surface area contributed by atoms with Gasteiger partial charge < -0.3 is 19.7 Å². The third kappa shape index (κ3) is 4.67. The van der Waals surface area contributed by atoms with Crippen LogP contribution in [0.2, 0.25) is 0 Å². The summed E-state index contributed by atoms with van der Waals surface area (Å²) in [6.45, 7) is 2.42. The van der Waals surface area contributed by atoms with Crippen LogP contribution in [-0.4, -0.2) is 29.0 Å². The van der Waals surface area contributed by atoms with Gasteiger partial charge in [-0.25, -0.2) is 4.79 Å². The highest BCUT2D eigenvalue weighted by Gasteiger charge is 2.10. The van der Waals surface area contributed by atoms with E-state index in [0.717, 1.165) is 0 Å². The highest BCUT2D eigenvalue weighted by Crippen LogP contribution is 2.27. The molecule has 0 amide bonds. The molecule has 0 fully saturated rings. The second-order valence-corrected chi connectivity index (χ2v) is 5.81. The van der Waals surface area contributed by atoms with Crippen LogP contribution in [0.1, 0.15) is 22.8 Å². The number of phenolic OH excluding ortho intramolecular Hbond substituents is 2. The summed E-state index contributed by atoms with van der Waals surface area (Å²) < 4.78 is 10.6. The van der Waals surface area contributed by atoms with Crippen LogP contribution in [0.4, 0.5) is 5.69 Å². The fourth-order valence-electron chi connectivity index (χ4n) is 2.43. The molecule has 6 nitrogen and oxygen atoms in total. The van der Waals surface area contributed by atoms with Crippen LogP contribution in [0, 0.1) is 0 Å². The van der Waals surface area contributed by atoms with Gasteiger partial charge in [-0.1, -0.05) is 12.1 Å². The first kappa shape index (κ1) is 19.0. The van der Waals surface area contributed by atoms with Crippen LogP contribution in [0.5, 0.6) is 23.0 Å². The summed E-state index contributed by atoms with van der Waals surface area (Å²) in [7, 11) is 0. The zero-order valence-electron chi connectivity index (χ0n) is 15.2. The van der Waals surface area contributed by atoms with Crippen LogP contribution < -0.4 is 9.47 Å². The minimum atomic E-state index is -0.543. The minimum Gasteiger partial charge on any atom is -0.507 e. The average molecular weight is 377 g/mol. The number of hydrogen-bond donors (Lipinski definition) is 2. The van der Waals surface area contributed by atoms with Gasteiger partial charge >= 0.3 is 5.97 Å². The smallest absolute Gasteiger partial charge is 0.343 e. The van der Waals surface area contributed by atoms with Gasteiger partial charge in [0.1, 0.15) is 28.7 Å². The minimum absolute atomic E-state index is 0.0409. The first-order chi connectivity index (χ1) is 13.6. The Morgan fingerprint density at radius 1 is 0.964 bits per heavy atom. The van der Waals surface area contributed by atoms with E-state index in [4.69, 9.17) is 9.47 Å². The van der Waals surface area contributed by atoms with Gasteiger partial charge in [0, 0.05) is 17.8 Å². The monoisotopic (exact) mass is 377 g/mol. The van der Waals surface area contributed by atoms with E-state index < -0.39 is 5.97 Å². The van der Waals surface area contributed by atoms with Gasteiger partial charge in [-0.15, -0.1) is 0 Å². The van der Waals surface area contributed by atoms with Crippen molar-refractivity contribution in [2.24, 2.45) is 4.99 Å². The van der Waals surface area contributed by atoms with Gasteiger partial charge in [-0.05, 0) is 55.5 Å². The number of aliphatic imine (C=N–C) groups is 1. The molecule has 3 rings (SSSR count). The van der Waals surface area contributed by atoms with Crippen LogP contribution in [-0.2, 0) is 0 Å². The number of para-hydroxylation sites is 2. The van der Waals surface area contributed by atoms with E-state index in [2.05, 4.69) is 4.99 Å². The van der Waals surface area contributed by atoms with E-state index in [9.17, 15) is 15.0 Å². The van der Waals surface area contributed by atoms with Crippen molar-refractivity contribution in [1.29, 1.82) is 0 Å². The first-order valence-electron chi connectivity index (χ1n) is 8.67. The second kappa shape index (κ2) is 8.73. The summed E-state index contributed by atoms with van der Waals surface area (Å²) in [5.74, 6) is 0.272. The number of carbonyl (C=O) groups excluding carboxylic acids is 1. The van der Waals surface area contributed by atoms with Crippen LogP contribution in [0.25, 0.3) is 0 Å². The maximum absolute atomic E-state index is 12.2. The molecule has 6 heteroatoms. The van der Waals surface area contributed by atoms with Crippen molar-refractivity contribution in [1.82, 2.24) is 0 Å². The summed E-state index contributed by atoms with van der Waals surface area (Å²) in [6.07, 6.45) is 1.42. The van der Waals surface area contributed by atoms with Gasteiger partial charge in [0.2, 0.25) is 0 Å². The largest absolute Gasteiger partial charge is 0.507 e. The second-order valence-electron chi connectivity index (χ2n) is 5.81. The zero-order valence-corrected chi connectivity index (χ0v) is 15.2.